The van der Waals surface area contributed by atoms with Crippen LogP contribution < -0.4 is 10.6 Å². The van der Waals surface area contributed by atoms with Crippen molar-refractivity contribution in [3.8, 4) is 0 Å². The van der Waals surface area contributed by atoms with Gasteiger partial charge in [-0.15, -0.1) is 0 Å². The molecule has 0 saturated carbocycles. The zero-order valence-electron chi connectivity index (χ0n) is 19.8. The molecule has 3 aromatic rings. The quantitative estimate of drug-likeness (QED) is 0.386. The number of carboxylic acids is 1. The number of rotatable bonds is 9. The molecule has 0 spiro atoms. The van der Waals surface area contributed by atoms with Gasteiger partial charge >= 0.3 is 5.97 Å². The third-order valence-electron chi connectivity index (χ3n) is 5.89. The summed E-state index contributed by atoms with van der Waals surface area (Å²) in [6.45, 7) is 0.943. The number of likely N-dealkylation sites (N-methyl/N-ethyl adjacent to an activating group) is 1. The standard InChI is InChI=1S/C28H28FN3O3/c1-32(2)15-14-18-6-10-22(11-7-18)30-27(20-5-3-4-19(16-20)8-13-25(33)34)26-23-12-9-21(29)17-24(23)31-28(26)35/h3-7,9-12,16-17,30H,8,13-15H2,1-2H3,(H,31,35)(H,33,34)/b27-26-. The largest absolute Gasteiger partial charge is 0.481 e. The Kier molecular flexibility index (Phi) is 7.27. The first-order valence-corrected chi connectivity index (χ1v) is 11.5. The molecule has 0 saturated heterocycles. The summed E-state index contributed by atoms with van der Waals surface area (Å²) in [6.07, 6.45) is 1.31. The fourth-order valence-corrected chi connectivity index (χ4v) is 4.06. The first kappa shape index (κ1) is 24.2. The van der Waals surface area contributed by atoms with Crippen LogP contribution >= 0.6 is 0 Å². The van der Waals surface area contributed by atoms with Crippen LogP contribution in [0.5, 0.6) is 0 Å². The summed E-state index contributed by atoms with van der Waals surface area (Å²) in [5.41, 5.74) is 5.61. The molecule has 1 aliphatic rings. The number of carboxylic acid groups (broad SMARTS) is 1. The number of benzene rings is 3. The number of carbonyl (C=O) groups is 2. The second-order valence-corrected chi connectivity index (χ2v) is 8.86. The van der Waals surface area contributed by atoms with Crippen LogP contribution in [0.15, 0.2) is 66.7 Å². The maximum atomic E-state index is 13.8. The van der Waals surface area contributed by atoms with Crippen molar-refractivity contribution in [2.75, 3.05) is 31.3 Å². The molecule has 3 aromatic carbocycles. The lowest BCUT2D eigenvalue weighted by Crippen LogP contribution is -2.15. The number of aliphatic carboxylic acids is 1. The molecule has 1 amide bonds. The smallest absolute Gasteiger partial charge is 0.303 e. The number of aryl methyl sites for hydroxylation is 1. The zero-order chi connectivity index (χ0) is 24.9. The third-order valence-corrected chi connectivity index (χ3v) is 5.89. The molecule has 0 fully saturated rings. The molecule has 1 aliphatic heterocycles. The summed E-state index contributed by atoms with van der Waals surface area (Å²) >= 11 is 0. The van der Waals surface area contributed by atoms with Crippen molar-refractivity contribution in [3.05, 3.63) is 94.8 Å². The van der Waals surface area contributed by atoms with Crippen LogP contribution in [0.2, 0.25) is 0 Å². The number of fused-ring (bicyclic) bond motifs is 1. The van der Waals surface area contributed by atoms with E-state index >= 15 is 0 Å². The number of hydrogen-bond donors (Lipinski definition) is 3. The third kappa shape index (κ3) is 5.94. The second kappa shape index (κ2) is 10.5. The van der Waals surface area contributed by atoms with E-state index in [1.54, 1.807) is 6.07 Å². The van der Waals surface area contributed by atoms with Gasteiger partial charge in [-0.05, 0) is 80.0 Å². The number of anilines is 2. The fourth-order valence-electron chi connectivity index (χ4n) is 4.06. The maximum absolute atomic E-state index is 13.8. The summed E-state index contributed by atoms with van der Waals surface area (Å²) in [7, 11) is 4.07. The van der Waals surface area contributed by atoms with Gasteiger partial charge in [0, 0.05) is 24.2 Å². The Morgan fingerprint density at radius 1 is 1.00 bits per heavy atom. The van der Waals surface area contributed by atoms with Crippen molar-refractivity contribution in [2.45, 2.75) is 19.3 Å². The van der Waals surface area contributed by atoms with Crippen LogP contribution in [0, 0.1) is 5.82 Å². The van der Waals surface area contributed by atoms with Gasteiger partial charge < -0.3 is 20.6 Å². The predicted molar refractivity (Wildman–Crippen MR) is 137 cm³/mol. The number of hydrogen-bond acceptors (Lipinski definition) is 4. The summed E-state index contributed by atoms with van der Waals surface area (Å²) in [5.74, 6) is -1.62. The SMILES string of the molecule is CN(C)CCc1ccc(N/C(=C2\C(=O)Nc3cc(F)ccc32)c2cccc(CCC(=O)O)c2)cc1. The topological polar surface area (TPSA) is 81.7 Å². The molecule has 0 bridgehead atoms. The molecule has 6 nitrogen and oxygen atoms in total. The van der Waals surface area contributed by atoms with Crippen molar-refractivity contribution in [2.24, 2.45) is 0 Å². The first-order chi connectivity index (χ1) is 16.8. The molecule has 0 radical (unpaired) electrons. The number of amides is 1. The second-order valence-electron chi connectivity index (χ2n) is 8.86. The number of carbonyl (C=O) groups excluding carboxylic acids is 1. The van der Waals surface area contributed by atoms with Crippen LogP contribution in [0.3, 0.4) is 0 Å². The Morgan fingerprint density at radius 2 is 1.77 bits per heavy atom. The average molecular weight is 474 g/mol. The van der Waals surface area contributed by atoms with Crippen molar-refractivity contribution < 1.29 is 19.1 Å². The average Bonchev–Trinajstić information content (AvgIpc) is 3.15. The fraction of sp³-hybridized carbons (Fsp3) is 0.214. The monoisotopic (exact) mass is 473 g/mol. The molecule has 0 atom stereocenters. The lowest BCUT2D eigenvalue weighted by Gasteiger charge is -2.16. The van der Waals surface area contributed by atoms with Gasteiger partial charge in [0.25, 0.3) is 5.91 Å². The zero-order valence-corrected chi connectivity index (χ0v) is 19.8. The van der Waals surface area contributed by atoms with E-state index in [4.69, 9.17) is 5.11 Å². The Hall–Kier alpha value is -3.97. The van der Waals surface area contributed by atoms with Gasteiger partial charge in [0.2, 0.25) is 0 Å². The van der Waals surface area contributed by atoms with E-state index in [1.807, 2.05) is 50.5 Å². The maximum Gasteiger partial charge on any atom is 0.303 e. The van der Waals surface area contributed by atoms with Crippen molar-refractivity contribution >= 4 is 34.5 Å². The summed E-state index contributed by atoms with van der Waals surface area (Å²) in [6, 6.07) is 19.8. The lowest BCUT2D eigenvalue weighted by atomic mass is 9.97. The van der Waals surface area contributed by atoms with Crippen molar-refractivity contribution in [1.82, 2.24) is 4.90 Å². The van der Waals surface area contributed by atoms with E-state index in [2.05, 4.69) is 27.7 Å². The highest BCUT2D eigenvalue weighted by atomic mass is 19.1. The van der Waals surface area contributed by atoms with Crippen molar-refractivity contribution in [1.29, 1.82) is 0 Å². The highest BCUT2D eigenvalue weighted by Gasteiger charge is 2.29. The Morgan fingerprint density at radius 3 is 2.49 bits per heavy atom. The van der Waals surface area contributed by atoms with Crippen LogP contribution in [0.4, 0.5) is 15.8 Å². The van der Waals surface area contributed by atoms with E-state index < -0.39 is 11.8 Å². The first-order valence-electron chi connectivity index (χ1n) is 11.5. The molecule has 3 N–H and O–H groups in total. The van der Waals surface area contributed by atoms with Crippen LogP contribution in [-0.2, 0) is 22.4 Å². The number of nitrogens with zero attached hydrogens (tertiary/aromatic N) is 1. The van der Waals surface area contributed by atoms with E-state index in [1.165, 1.54) is 17.7 Å². The van der Waals surface area contributed by atoms with Gasteiger partial charge in [0.1, 0.15) is 5.82 Å². The Balaban J connectivity index is 1.75. The Labute approximate surface area is 204 Å². The van der Waals surface area contributed by atoms with Gasteiger partial charge in [0.05, 0.1) is 17.0 Å². The van der Waals surface area contributed by atoms with E-state index in [-0.39, 0.29) is 12.3 Å². The van der Waals surface area contributed by atoms with Gasteiger partial charge in [-0.2, -0.15) is 0 Å². The molecular formula is C28H28FN3O3. The van der Waals surface area contributed by atoms with Gasteiger partial charge in [-0.1, -0.05) is 30.3 Å². The number of halogens is 1. The van der Waals surface area contributed by atoms with Gasteiger partial charge in [-0.3, -0.25) is 9.59 Å². The highest BCUT2D eigenvalue weighted by molar-refractivity contribution is 6.37. The Bertz CT molecular complexity index is 1280. The molecule has 35 heavy (non-hydrogen) atoms. The minimum absolute atomic E-state index is 0.0137. The molecule has 7 heteroatoms. The summed E-state index contributed by atoms with van der Waals surface area (Å²) < 4.78 is 13.8. The van der Waals surface area contributed by atoms with Crippen LogP contribution in [0.1, 0.15) is 28.7 Å². The molecule has 1 heterocycles. The van der Waals surface area contributed by atoms with Crippen LogP contribution in [0.25, 0.3) is 11.3 Å². The highest BCUT2D eigenvalue weighted by Crippen LogP contribution is 2.38. The normalized spacial score (nSPS) is 14.0. The van der Waals surface area contributed by atoms with E-state index in [0.717, 1.165) is 29.8 Å². The molecule has 0 aromatic heterocycles. The molecule has 0 aliphatic carbocycles. The van der Waals surface area contributed by atoms with Crippen LogP contribution in [-0.4, -0.2) is 42.5 Å². The minimum Gasteiger partial charge on any atom is -0.481 e. The van der Waals surface area contributed by atoms with Gasteiger partial charge in [-0.25, -0.2) is 4.39 Å². The van der Waals surface area contributed by atoms with Gasteiger partial charge in [0.15, 0.2) is 0 Å². The lowest BCUT2D eigenvalue weighted by molar-refractivity contribution is -0.137. The molecule has 180 valence electrons. The minimum atomic E-state index is -0.868. The number of nitrogens with one attached hydrogen (secondary N) is 2. The van der Waals surface area contributed by atoms with E-state index in [0.29, 0.717) is 28.9 Å². The molecule has 4 rings (SSSR count). The van der Waals surface area contributed by atoms with E-state index in [9.17, 15) is 14.0 Å². The van der Waals surface area contributed by atoms with Crippen molar-refractivity contribution in [3.63, 3.8) is 0 Å². The molecular weight excluding hydrogens is 445 g/mol. The predicted octanol–water partition coefficient (Wildman–Crippen LogP) is 4.88. The summed E-state index contributed by atoms with van der Waals surface area (Å²) in [5, 5.41) is 15.2. The summed E-state index contributed by atoms with van der Waals surface area (Å²) in [4.78, 5) is 26.2. The molecule has 0 unspecified atom stereocenters.